The fourth-order valence-corrected chi connectivity index (χ4v) is 3.08. The average Bonchev–Trinajstić information content (AvgIpc) is 2.73. The molecule has 6 heteroatoms. The highest BCUT2D eigenvalue weighted by atomic mass is 16.5. The predicted molar refractivity (Wildman–Crippen MR) is 112 cm³/mol. The van der Waals surface area contributed by atoms with E-state index in [1.165, 1.54) is 0 Å². The molecule has 2 aromatic carbocycles. The second-order valence-corrected chi connectivity index (χ2v) is 6.93. The molecular formula is C23H31NO5. The largest absolute Gasteiger partial charge is 0.493 e. The minimum atomic E-state index is -0.764. The third kappa shape index (κ3) is 7.75. The Hall–Kier alpha value is -2.57. The van der Waals surface area contributed by atoms with E-state index in [-0.39, 0.29) is 12.6 Å². The van der Waals surface area contributed by atoms with E-state index >= 15 is 0 Å². The van der Waals surface area contributed by atoms with Crippen LogP contribution < -0.4 is 9.47 Å². The Morgan fingerprint density at radius 2 is 1.69 bits per heavy atom. The van der Waals surface area contributed by atoms with Gasteiger partial charge in [-0.15, -0.1) is 0 Å². The van der Waals surface area contributed by atoms with E-state index in [4.69, 9.17) is 14.2 Å². The Kier molecular flexibility index (Phi) is 9.47. The SMILES string of the molecule is CCCC(=O)OC[C@@H](O)CN(Cc1ccccc1)Cc1ccc(OC)c(OC)c1. The van der Waals surface area contributed by atoms with E-state index < -0.39 is 6.10 Å². The van der Waals surface area contributed by atoms with Crippen molar-refractivity contribution in [2.24, 2.45) is 0 Å². The summed E-state index contributed by atoms with van der Waals surface area (Å²) in [4.78, 5) is 13.7. The standard InChI is InChI=1S/C23H31NO5/c1-4-8-23(26)29-17-20(25)16-24(14-18-9-6-5-7-10-18)15-19-11-12-21(27-2)22(13-19)28-3/h5-7,9-13,20,25H,4,8,14-17H2,1-3H3/t20-/m0/s1. The van der Waals surface area contributed by atoms with Gasteiger partial charge < -0.3 is 19.3 Å². The number of aliphatic hydroxyl groups is 1. The zero-order valence-electron chi connectivity index (χ0n) is 17.5. The topological polar surface area (TPSA) is 68.2 Å². The van der Waals surface area contributed by atoms with E-state index in [9.17, 15) is 9.90 Å². The van der Waals surface area contributed by atoms with Crippen LogP contribution in [0.1, 0.15) is 30.9 Å². The Morgan fingerprint density at radius 3 is 2.34 bits per heavy atom. The van der Waals surface area contributed by atoms with Crippen molar-refractivity contribution in [2.45, 2.75) is 39.0 Å². The molecule has 0 fully saturated rings. The highest BCUT2D eigenvalue weighted by molar-refractivity contribution is 5.69. The molecule has 158 valence electrons. The normalized spacial score (nSPS) is 11.9. The maximum absolute atomic E-state index is 11.6. The summed E-state index contributed by atoms with van der Waals surface area (Å²) in [6.45, 7) is 3.56. The summed E-state index contributed by atoms with van der Waals surface area (Å²) in [5.74, 6) is 1.06. The summed E-state index contributed by atoms with van der Waals surface area (Å²) in [5.41, 5.74) is 2.18. The number of carbonyl (C=O) groups is 1. The van der Waals surface area contributed by atoms with Crippen molar-refractivity contribution < 1.29 is 24.1 Å². The third-order valence-corrected chi connectivity index (χ3v) is 4.46. The molecule has 0 saturated heterocycles. The lowest BCUT2D eigenvalue weighted by molar-refractivity contribution is -0.147. The summed E-state index contributed by atoms with van der Waals surface area (Å²) >= 11 is 0. The first-order valence-electron chi connectivity index (χ1n) is 9.86. The van der Waals surface area contributed by atoms with Crippen LogP contribution in [0.2, 0.25) is 0 Å². The minimum Gasteiger partial charge on any atom is -0.493 e. The van der Waals surface area contributed by atoms with Gasteiger partial charge in [0.15, 0.2) is 11.5 Å². The van der Waals surface area contributed by atoms with Gasteiger partial charge >= 0.3 is 5.97 Å². The van der Waals surface area contributed by atoms with Gasteiger partial charge in [0.2, 0.25) is 0 Å². The van der Waals surface area contributed by atoms with Crippen molar-refractivity contribution in [3.63, 3.8) is 0 Å². The molecule has 0 radical (unpaired) electrons. The van der Waals surface area contributed by atoms with Crippen LogP contribution in [0.5, 0.6) is 11.5 Å². The molecule has 0 amide bonds. The molecule has 29 heavy (non-hydrogen) atoms. The fourth-order valence-electron chi connectivity index (χ4n) is 3.08. The highest BCUT2D eigenvalue weighted by Crippen LogP contribution is 2.28. The minimum absolute atomic E-state index is 0.00391. The molecule has 6 nitrogen and oxygen atoms in total. The number of nitrogens with zero attached hydrogens (tertiary/aromatic N) is 1. The molecule has 2 aromatic rings. The van der Waals surface area contributed by atoms with Crippen molar-refractivity contribution in [2.75, 3.05) is 27.4 Å². The maximum Gasteiger partial charge on any atom is 0.305 e. The maximum atomic E-state index is 11.6. The summed E-state index contributed by atoms with van der Waals surface area (Å²) in [5, 5.41) is 10.4. The second-order valence-electron chi connectivity index (χ2n) is 6.93. The summed E-state index contributed by atoms with van der Waals surface area (Å²) in [7, 11) is 3.22. The smallest absolute Gasteiger partial charge is 0.305 e. The van der Waals surface area contributed by atoms with E-state index in [0.717, 1.165) is 17.5 Å². The Morgan fingerprint density at radius 1 is 1.00 bits per heavy atom. The van der Waals surface area contributed by atoms with Gasteiger partial charge in [0, 0.05) is 26.1 Å². The number of hydrogen-bond acceptors (Lipinski definition) is 6. The molecular weight excluding hydrogens is 370 g/mol. The Labute approximate surface area is 173 Å². The molecule has 0 aliphatic carbocycles. The van der Waals surface area contributed by atoms with Crippen LogP contribution in [0.4, 0.5) is 0 Å². The van der Waals surface area contributed by atoms with Gasteiger partial charge in [-0.2, -0.15) is 0 Å². The van der Waals surface area contributed by atoms with Crippen molar-refractivity contribution >= 4 is 5.97 Å². The fraction of sp³-hybridized carbons (Fsp3) is 0.435. The van der Waals surface area contributed by atoms with Gasteiger partial charge in [-0.1, -0.05) is 43.3 Å². The van der Waals surface area contributed by atoms with Gasteiger partial charge in [0.05, 0.1) is 14.2 Å². The number of methoxy groups -OCH3 is 2. The van der Waals surface area contributed by atoms with Crippen molar-refractivity contribution in [1.82, 2.24) is 4.90 Å². The van der Waals surface area contributed by atoms with Crippen LogP contribution in [0.15, 0.2) is 48.5 Å². The summed E-state index contributed by atoms with van der Waals surface area (Å²) < 4.78 is 15.9. The van der Waals surface area contributed by atoms with Gasteiger partial charge in [0.25, 0.3) is 0 Å². The lowest BCUT2D eigenvalue weighted by Crippen LogP contribution is -2.34. The number of hydrogen-bond donors (Lipinski definition) is 1. The number of esters is 1. The van der Waals surface area contributed by atoms with Gasteiger partial charge in [-0.3, -0.25) is 9.69 Å². The zero-order chi connectivity index (χ0) is 21.1. The predicted octanol–water partition coefficient (Wildman–Crippen LogP) is 3.41. The van der Waals surface area contributed by atoms with E-state index in [2.05, 4.69) is 17.0 Å². The van der Waals surface area contributed by atoms with E-state index in [0.29, 0.717) is 37.6 Å². The molecule has 0 bridgehead atoms. The molecule has 1 atom stereocenters. The van der Waals surface area contributed by atoms with Gasteiger partial charge in [-0.25, -0.2) is 0 Å². The Balaban J connectivity index is 2.07. The van der Waals surface area contributed by atoms with Crippen LogP contribution >= 0.6 is 0 Å². The van der Waals surface area contributed by atoms with Gasteiger partial charge in [0.1, 0.15) is 12.7 Å². The van der Waals surface area contributed by atoms with E-state index in [1.807, 2.05) is 43.3 Å². The molecule has 0 saturated carbocycles. The molecule has 1 N–H and O–H groups in total. The first kappa shape index (κ1) is 22.7. The quantitative estimate of drug-likeness (QED) is 0.550. The lowest BCUT2D eigenvalue weighted by atomic mass is 10.1. The Bertz CT molecular complexity index is 750. The van der Waals surface area contributed by atoms with Crippen LogP contribution in [0.3, 0.4) is 0 Å². The van der Waals surface area contributed by atoms with Crippen molar-refractivity contribution in [3.8, 4) is 11.5 Å². The molecule has 0 aliphatic rings. The zero-order valence-corrected chi connectivity index (χ0v) is 17.5. The van der Waals surface area contributed by atoms with Gasteiger partial charge in [-0.05, 0) is 29.7 Å². The highest BCUT2D eigenvalue weighted by Gasteiger charge is 2.16. The lowest BCUT2D eigenvalue weighted by Gasteiger charge is -2.25. The molecule has 0 unspecified atom stereocenters. The van der Waals surface area contributed by atoms with Crippen LogP contribution in [-0.4, -0.2) is 49.5 Å². The molecule has 0 aliphatic heterocycles. The van der Waals surface area contributed by atoms with Crippen LogP contribution in [0.25, 0.3) is 0 Å². The summed E-state index contributed by atoms with van der Waals surface area (Å²) in [6.07, 6.45) is 0.333. The first-order valence-corrected chi connectivity index (χ1v) is 9.86. The number of ether oxygens (including phenoxy) is 3. The summed E-state index contributed by atoms with van der Waals surface area (Å²) in [6, 6.07) is 15.9. The van der Waals surface area contributed by atoms with Crippen molar-refractivity contribution in [3.05, 3.63) is 59.7 Å². The third-order valence-electron chi connectivity index (χ3n) is 4.46. The average molecular weight is 402 g/mol. The number of benzene rings is 2. The monoisotopic (exact) mass is 401 g/mol. The van der Waals surface area contributed by atoms with Crippen molar-refractivity contribution in [1.29, 1.82) is 0 Å². The number of rotatable bonds is 12. The molecule has 0 aromatic heterocycles. The molecule has 0 spiro atoms. The number of carbonyl (C=O) groups excluding carboxylic acids is 1. The molecule has 0 heterocycles. The molecule has 2 rings (SSSR count). The van der Waals surface area contributed by atoms with E-state index in [1.54, 1.807) is 14.2 Å². The second kappa shape index (κ2) is 12.1. The number of aliphatic hydroxyl groups excluding tert-OH is 1. The first-order chi connectivity index (χ1) is 14.0. The van der Waals surface area contributed by atoms with Crippen LogP contribution in [-0.2, 0) is 22.6 Å². The van der Waals surface area contributed by atoms with Crippen LogP contribution in [0, 0.1) is 0 Å².